The second-order valence-electron chi connectivity index (χ2n) is 8.46. The van der Waals surface area contributed by atoms with E-state index in [2.05, 4.69) is 0 Å². The summed E-state index contributed by atoms with van der Waals surface area (Å²) in [7, 11) is 3.16. The van der Waals surface area contributed by atoms with E-state index < -0.39 is 17.7 Å². The van der Waals surface area contributed by atoms with Crippen LogP contribution in [0.25, 0.3) is 0 Å². The monoisotopic (exact) mass is 491 g/mol. The van der Waals surface area contributed by atoms with Crippen molar-refractivity contribution in [2.45, 2.75) is 0 Å². The van der Waals surface area contributed by atoms with Crippen LogP contribution in [-0.2, 0) is 4.08 Å². The number of hydrogen-bond donors (Lipinski definition) is 0. The van der Waals surface area contributed by atoms with Gasteiger partial charge < -0.3 is 0 Å². The molecule has 3 aromatic carbocycles. The molecule has 9 heteroatoms. The first kappa shape index (κ1) is 25.2. The summed E-state index contributed by atoms with van der Waals surface area (Å²) in [4.78, 5) is 5.86. The standard InChI is InChI=1S/C24H31ClN3O4P/c1-26(2)19-7-13-22(14-8-19)33(32-25(29,30)31,23-15-9-20(10-16-23)27(3)4)24-17-11-21(12-18-24)28(5)6/h7-18,33H,1-6H3. The van der Waals surface area contributed by atoms with E-state index in [1.807, 2.05) is 130 Å². The van der Waals surface area contributed by atoms with Gasteiger partial charge in [-0.15, -0.1) is 0 Å². The van der Waals surface area contributed by atoms with Crippen LogP contribution in [0.1, 0.15) is 0 Å². The maximum atomic E-state index is 12.1. The predicted molar refractivity (Wildman–Crippen MR) is 131 cm³/mol. The van der Waals surface area contributed by atoms with E-state index in [0.29, 0.717) is 15.9 Å². The van der Waals surface area contributed by atoms with Gasteiger partial charge in [0.05, 0.1) is 0 Å². The van der Waals surface area contributed by atoms with Gasteiger partial charge in [0.25, 0.3) is 0 Å². The summed E-state index contributed by atoms with van der Waals surface area (Å²) in [6.45, 7) is 0. The van der Waals surface area contributed by atoms with E-state index in [-0.39, 0.29) is 0 Å². The Balaban J connectivity index is 2.30. The molecule has 0 fully saturated rings. The molecule has 0 aliphatic heterocycles. The molecule has 0 saturated heterocycles. The average molecular weight is 492 g/mol. The van der Waals surface area contributed by atoms with Crippen molar-refractivity contribution in [3.05, 3.63) is 72.8 Å². The van der Waals surface area contributed by atoms with Crippen LogP contribution >= 0.6 is 7.49 Å². The van der Waals surface area contributed by atoms with Gasteiger partial charge in [-0.3, -0.25) is 0 Å². The van der Waals surface area contributed by atoms with Crippen LogP contribution in [0.5, 0.6) is 0 Å². The van der Waals surface area contributed by atoms with Crippen LogP contribution < -0.4 is 44.6 Å². The SMILES string of the molecule is CN(C)c1ccc([PH](O[Cl+3]([O-])([O-])[O-])(c2ccc(N(C)C)cc2)c2ccc(N(C)C)cc2)cc1. The Morgan fingerprint density at radius 3 is 0.939 bits per heavy atom. The van der Waals surface area contributed by atoms with Crippen LogP contribution in [0.15, 0.2) is 72.8 Å². The fraction of sp³-hybridized carbons (Fsp3) is 0.250. The van der Waals surface area contributed by atoms with Crippen LogP contribution in [0.4, 0.5) is 17.1 Å². The number of halogens is 1. The number of benzene rings is 3. The van der Waals surface area contributed by atoms with Crippen LogP contribution in [0, 0.1) is 10.2 Å². The molecule has 0 saturated carbocycles. The molecule has 3 rings (SSSR count). The van der Waals surface area contributed by atoms with Crippen molar-refractivity contribution < 1.29 is 28.3 Å². The van der Waals surface area contributed by atoms with Gasteiger partial charge in [-0.1, -0.05) is 0 Å². The molecule has 0 amide bonds. The first-order valence-electron chi connectivity index (χ1n) is 10.4. The summed E-state index contributed by atoms with van der Waals surface area (Å²) >= 11 is 0. The van der Waals surface area contributed by atoms with Crippen molar-refractivity contribution in [2.75, 3.05) is 57.0 Å². The zero-order valence-corrected chi connectivity index (χ0v) is 21.5. The number of rotatable bonds is 8. The Labute approximate surface area is 198 Å². The first-order valence-corrected chi connectivity index (χ1v) is 13.5. The molecule has 0 heterocycles. The van der Waals surface area contributed by atoms with Gasteiger partial charge >= 0.3 is 199 Å². The predicted octanol–water partition coefficient (Wildman–Crippen LogP) is -0.260. The fourth-order valence-electron chi connectivity index (χ4n) is 3.76. The van der Waals surface area contributed by atoms with Gasteiger partial charge in [0, 0.05) is 0 Å². The van der Waals surface area contributed by atoms with Gasteiger partial charge in [0.1, 0.15) is 0 Å². The minimum atomic E-state index is -4.70. The average Bonchev–Trinajstić information content (AvgIpc) is 2.77. The third kappa shape index (κ3) is 5.58. The summed E-state index contributed by atoms with van der Waals surface area (Å²) in [5, 5.41) is 1.99. The third-order valence-electron chi connectivity index (χ3n) is 5.58. The van der Waals surface area contributed by atoms with Crippen LogP contribution in [0.3, 0.4) is 0 Å². The molecule has 0 aromatic heterocycles. The Bertz CT molecular complexity index is 926. The molecular weight excluding hydrogens is 461 g/mol. The quantitative estimate of drug-likeness (QED) is 0.401. The first-order chi connectivity index (χ1) is 15.4. The Morgan fingerprint density at radius 1 is 0.515 bits per heavy atom. The Kier molecular flexibility index (Phi) is 7.54. The molecule has 3 aromatic rings. The summed E-state index contributed by atoms with van der Waals surface area (Å²) in [6, 6.07) is 22.5. The van der Waals surface area contributed by atoms with Crippen molar-refractivity contribution in [3.63, 3.8) is 0 Å². The summed E-state index contributed by atoms with van der Waals surface area (Å²) in [5.41, 5.74) is 2.86. The van der Waals surface area contributed by atoms with Gasteiger partial charge in [0.2, 0.25) is 0 Å². The molecule has 0 bridgehead atoms. The zero-order valence-electron chi connectivity index (χ0n) is 19.8. The minimum absolute atomic E-state index is 0.662. The second-order valence-corrected chi connectivity index (χ2v) is 12.9. The molecular formula is C24H31ClN3O4P. The topological polar surface area (TPSA) is 88.1 Å². The van der Waals surface area contributed by atoms with Crippen molar-refractivity contribution in [1.82, 2.24) is 0 Å². The Hall–Kier alpha value is -2.38. The van der Waals surface area contributed by atoms with Crippen LogP contribution in [0.2, 0.25) is 0 Å². The van der Waals surface area contributed by atoms with Gasteiger partial charge in [-0.2, -0.15) is 0 Å². The zero-order chi connectivity index (χ0) is 24.4. The molecule has 0 aliphatic rings. The third-order valence-corrected chi connectivity index (χ3v) is 10.7. The summed E-state index contributed by atoms with van der Waals surface area (Å²) < 4.78 is 41.9. The molecule has 7 nitrogen and oxygen atoms in total. The molecule has 0 radical (unpaired) electrons. The summed E-state index contributed by atoms with van der Waals surface area (Å²) in [6.07, 6.45) is 0. The van der Waals surface area contributed by atoms with Crippen molar-refractivity contribution in [1.29, 1.82) is 0 Å². The van der Waals surface area contributed by atoms with Crippen molar-refractivity contribution in [3.8, 4) is 0 Å². The van der Waals surface area contributed by atoms with E-state index in [0.717, 1.165) is 17.1 Å². The molecule has 0 atom stereocenters. The molecule has 0 spiro atoms. The van der Waals surface area contributed by atoms with Crippen molar-refractivity contribution in [2.24, 2.45) is 0 Å². The molecule has 33 heavy (non-hydrogen) atoms. The number of hydrogen-bond acceptors (Lipinski definition) is 7. The summed E-state index contributed by atoms with van der Waals surface area (Å²) in [5.74, 6) is 0. The number of anilines is 3. The van der Waals surface area contributed by atoms with E-state index in [9.17, 15) is 14.0 Å². The molecule has 178 valence electrons. The van der Waals surface area contributed by atoms with Gasteiger partial charge in [0.15, 0.2) is 0 Å². The molecule has 0 unspecified atom stereocenters. The van der Waals surface area contributed by atoms with E-state index in [1.54, 1.807) is 0 Å². The normalized spacial score (nSPS) is 12.4. The maximum absolute atomic E-state index is 12.1. The van der Waals surface area contributed by atoms with E-state index in [4.69, 9.17) is 4.08 Å². The van der Waals surface area contributed by atoms with Crippen molar-refractivity contribution >= 4 is 40.5 Å². The molecule has 0 N–H and O–H groups in total. The Morgan fingerprint density at radius 2 is 0.758 bits per heavy atom. The fourth-order valence-corrected chi connectivity index (χ4v) is 8.87. The van der Waals surface area contributed by atoms with Gasteiger partial charge in [-0.05, 0) is 0 Å². The second kappa shape index (κ2) is 9.85. The van der Waals surface area contributed by atoms with E-state index >= 15 is 0 Å². The van der Waals surface area contributed by atoms with Gasteiger partial charge in [-0.25, -0.2) is 0 Å². The molecule has 0 aliphatic carbocycles. The number of nitrogens with zero attached hydrogens (tertiary/aromatic N) is 3. The van der Waals surface area contributed by atoms with E-state index in [1.165, 1.54) is 0 Å². The van der Waals surface area contributed by atoms with Crippen LogP contribution in [-0.4, -0.2) is 42.3 Å².